The molecule has 3 rings (SSSR count). The van der Waals surface area contributed by atoms with Crippen LogP contribution in [0.1, 0.15) is 18.3 Å². The van der Waals surface area contributed by atoms with Gasteiger partial charge in [-0.05, 0) is 11.5 Å². The van der Waals surface area contributed by atoms with Gasteiger partial charge in [-0.1, -0.05) is 37.3 Å². The second kappa shape index (κ2) is 10.4. The van der Waals surface area contributed by atoms with Crippen LogP contribution in [0.3, 0.4) is 0 Å². The van der Waals surface area contributed by atoms with Crippen LogP contribution in [0.15, 0.2) is 47.7 Å². The van der Waals surface area contributed by atoms with Gasteiger partial charge in [-0.15, -0.1) is 24.0 Å². The number of esters is 1. The van der Waals surface area contributed by atoms with Gasteiger partial charge in [-0.2, -0.15) is 0 Å². The summed E-state index contributed by atoms with van der Waals surface area (Å²) in [7, 11) is 3.20. The summed E-state index contributed by atoms with van der Waals surface area (Å²) in [6, 6.07) is 10.3. The molecule has 0 spiro atoms. The Kier molecular flexibility index (Phi) is 8.28. The van der Waals surface area contributed by atoms with Gasteiger partial charge in [0.05, 0.1) is 19.6 Å². The van der Waals surface area contributed by atoms with Crippen LogP contribution in [0, 0.1) is 11.8 Å². The minimum atomic E-state index is -0.154. The predicted molar refractivity (Wildman–Crippen MR) is 120 cm³/mol. The maximum Gasteiger partial charge on any atom is 0.310 e. The van der Waals surface area contributed by atoms with Crippen molar-refractivity contribution in [2.45, 2.75) is 20.0 Å². The number of guanidine groups is 1. The Bertz CT molecular complexity index is 793. The molecule has 2 unspecified atom stereocenters. The number of carbonyl (C=O) groups is 1. The molecule has 28 heavy (non-hydrogen) atoms. The van der Waals surface area contributed by atoms with Crippen LogP contribution < -0.4 is 5.32 Å². The van der Waals surface area contributed by atoms with Crippen LogP contribution >= 0.6 is 24.0 Å². The van der Waals surface area contributed by atoms with Crippen LogP contribution in [-0.2, 0) is 22.6 Å². The zero-order valence-corrected chi connectivity index (χ0v) is 18.9. The maximum absolute atomic E-state index is 11.9. The van der Waals surface area contributed by atoms with E-state index in [9.17, 15) is 4.79 Å². The van der Waals surface area contributed by atoms with Crippen LogP contribution in [0.2, 0.25) is 0 Å². The first-order valence-electron chi connectivity index (χ1n) is 9.19. The number of carbonyl (C=O) groups excluding carboxylic acids is 1. The number of halogens is 1. The molecule has 0 bridgehead atoms. The zero-order valence-electron chi connectivity index (χ0n) is 16.5. The maximum atomic E-state index is 11.9. The molecule has 1 aliphatic heterocycles. The van der Waals surface area contributed by atoms with Crippen molar-refractivity contribution in [2.24, 2.45) is 16.8 Å². The Labute approximate surface area is 183 Å². The molecule has 0 radical (unpaired) electrons. The number of hydrogen-bond acceptors (Lipinski definition) is 4. The molecule has 1 fully saturated rings. The fourth-order valence-corrected chi connectivity index (χ4v) is 3.52. The Morgan fingerprint density at radius 3 is 2.75 bits per heavy atom. The third kappa shape index (κ3) is 5.24. The lowest BCUT2D eigenvalue weighted by Gasteiger charge is -2.21. The quantitative estimate of drug-likeness (QED) is 0.297. The highest BCUT2D eigenvalue weighted by Crippen LogP contribution is 2.24. The summed E-state index contributed by atoms with van der Waals surface area (Å²) in [5.41, 5.74) is 1.23. The summed E-state index contributed by atoms with van der Waals surface area (Å²) in [6.07, 6.45) is 3.80. The fraction of sp³-hybridized carbons (Fsp3) is 0.450. The Morgan fingerprint density at radius 2 is 2.07 bits per heavy atom. The average Bonchev–Trinajstić information content (AvgIpc) is 3.29. The summed E-state index contributed by atoms with van der Waals surface area (Å²) in [6.45, 7) is 4.81. The minimum absolute atomic E-state index is 0. The molecule has 1 aromatic carbocycles. The number of likely N-dealkylation sites (tertiary alicyclic amines) is 1. The largest absolute Gasteiger partial charge is 0.469 e. The lowest BCUT2D eigenvalue weighted by Crippen LogP contribution is -2.40. The van der Waals surface area contributed by atoms with Crippen molar-refractivity contribution >= 4 is 35.9 Å². The van der Waals surface area contributed by atoms with Crippen molar-refractivity contribution in [3.05, 3.63) is 54.1 Å². The van der Waals surface area contributed by atoms with Gasteiger partial charge in [-0.3, -0.25) is 9.79 Å². The highest BCUT2D eigenvalue weighted by atomic mass is 127. The molecule has 1 aliphatic rings. The van der Waals surface area contributed by atoms with Gasteiger partial charge < -0.3 is 19.5 Å². The molecule has 8 heteroatoms. The van der Waals surface area contributed by atoms with Crippen molar-refractivity contribution < 1.29 is 9.53 Å². The topological polar surface area (TPSA) is 71.8 Å². The van der Waals surface area contributed by atoms with E-state index in [0.29, 0.717) is 13.1 Å². The number of aliphatic imine (C=N–C) groups is 1. The summed E-state index contributed by atoms with van der Waals surface area (Å²) in [4.78, 5) is 22.9. The smallest absolute Gasteiger partial charge is 0.310 e. The molecule has 2 aromatic rings. The van der Waals surface area contributed by atoms with Gasteiger partial charge in [0.25, 0.3) is 0 Å². The number of hydrogen-bond donors (Lipinski definition) is 1. The number of imidazole rings is 1. The van der Waals surface area contributed by atoms with Gasteiger partial charge in [0, 0.05) is 39.1 Å². The molecule has 7 nitrogen and oxygen atoms in total. The third-order valence-corrected chi connectivity index (χ3v) is 5.03. The van der Waals surface area contributed by atoms with E-state index >= 15 is 0 Å². The number of methoxy groups -OCH3 is 1. The molecule has 0 amide bonds. The van der Waals surface area contributed by atoms with E-state index in [2.05, 4.69) is 43.8 Å². The standard InChI is InChI=1S/C20H27N5O2.HI/c1-15-12-25(14-17(15)19(26)27-3)20(21-2)23-11-18-22-9-10-24(18)13-16-7-5-4-6-8-16;/h4-10,15,17H,11-14H2,1-3H3,(H,21,23);1H. The van der Waals surface area contributed by atoms with E-state index < -0.39 is 0 Å². The van der Waals surface area contributed by atoms with E-state index in [1.165, 1.54) is 12.7 Å². The van der Waals surface area contributed by atoms with Crippen LogP contribution in [0.5, 0.6) is 0 Å². The number of nitrogens with zero attached hydrogens (tertiary/aromatic N) is 4. The van der Waals surface area contributed by atoms with E-state index in [1.807, 2.05) is 30.6 Å². The molecular weight excluding hydrogens is 469 g/mol. The first kappa shape index (κ1) is 22.2. The summed E-state index contributed by atoms with van der Waals surface area (Å²) >= 11 is 0. The molecule has 1 saturated heterocycles. The Morgan fingerprint density at radius 1 is 1.32 bits per heavy atom. The molecule has 0 aliphatic carbocycles. The summed E-state index contributed by atoms with van der Waals surface area (Å²) < 4.78 is 7.04. The number of rotatable bonds is 5. The van der Waals surface area contributed by atoms with Crippen molar-refractivity contribution in [1.29, 1.82) is 0 Å². The number of aromatic nitrogens is 2. The number of nitrogens with one attached hydrogen (secondary N) is 1. The normalized spacial score (nSPS) is 19.2. The lowest BCUT2D eigenvalue weighted by atomic mass is 9.99. The first-order valence-corrected chi connectivity index (χ1v) is 9.19. The monoisotopic (exact) mass is 497 g/mol. The van der Waals surface area contributed by atoms with E-state index in [1.54, 1.807) is 7.05 Å². The highest BCUT2D eigenvalue weighted by Gasteiger charge is 2.36. The zero-order chi connectivity index (χ0) is 19.2. The van der Waals surface area contributed by atoms with Crippen LogP contribution in [-0.4, -0.2) is 53.6 Å². The molecular formula is C20H28IN5O2. The SMILES string of the molecule is CN=C(NCc1nccn1Cc1ccccc1)N1CC(C)C(C(=O)OC)C1.I. The van der Waals surface area contributed by atoms with Crippen LogP contribution in [0.4, 0.5) is 0 Å². The molecule has 152 valence electrons. The average molecular weight is 497 g/mol. The van der Waals surface area contributed by atoms with Gasteiger partial charge >= 0.3 is 5.97 Å². The Hall–Kier alpha value is -2.10. The summed E-state index contributed by atoms with van der Waals surface area (Å²) in [5, 5.41) is 3.38. The first-order chi connectivity index (χ1) is 13.1. The minimum Gasteiger partial charge on any atom is -0.469 e. The van der Waals surface area contributed by atoms with E-state index in [0.717, 1.165) is 24.9 Å². The van der Waals surface area contributed by atoms with Gasteiger partial charge in [0.15, 0.2) is 5.96 Å². The highest BCUT2D eigenvalue weighted by molar-refractivity contribution is 14.0. The Balaban J connectivity index is 0.00000280. The van der Waals surface area contributed by atoms with Crippen LogP contribution in [0.25, 0.3) is 0 Å². The third-order valence-electron chi connectivity index (χ3n) is 5.03. The van der Waals surface area contributed by atoms with Crippen molar-refractivity contribution in [2.75, 3.05) is 27.2 Å². The van der Waals surface area contributed by atoms with Crippen molar-refractivity contribution in [1.82, 2.24) is 19.8 Å². The summed E-state index contributed by atoms with van der Waals surface area (Å²) in [5.74, 6) is 1.68. The lowest BCUT2D eigenvalue weighted by molar-refractivity contribution is -0.145. The second-order valence-electron chi connectivity index (χ2n) is 6.87. The number of benzene rings is 1. The van der Waals surface area contributed by atoms with Crippen molar-refractivity contribution in [3.8, 4) is 0 Å². The molecule has 0 saturated carbocycles. The number of ether oxygens (including phenoxy) is 1. The molecule has 1 N–H and O–H groups in total. The fourth-order valence-electron chi connectivity index (χ4n) is 3.52. The molecule has 2 atom stereocenters. The molecule has 2 heterocycles. The van der Waals surface area contributed by atoms with Gasteiger partial charge in [0.2, 0.25) is 0 Å². The predicted octanol–water partition coefficient (Wildman–Crippen LogP) is 2.37. The van der Waals surface area contributed by atoms with Gasteiger partial charge in [-0.25, -0.2) is 4.98 Å². The van der Waals surface area contributed by atoms with Crippen molar-refractivity contribution in [3.63, 3.8) is 0 Å². The van der Waals surface area contributed by atoms with Gasteiger partial charge in [0.1, 0.15) is 5.82 Å². The molecule has 1 aromatic heterocycles. The van der Waals surface area contributed by atoms with E-state index in [-0.39, 0.29) is 41.8 Å². The van der Waals surface area contributed by atoms with E-state index in [4.69, 9.17) is 4.74 Å². The second-order valence-corrected chi connectivity index (χ2v) is 6.87.